The molecule has 0 unspecified atom stereocenters. The van der Waals surface area contributed by atoms with E-state index in [1.54, 1.807) is 19.2 Å². The van der Waals surface area contributed by atoms with E-state index in [0.717, 1.165) is 16.9 Å². The Hall–Kier alpha value is -3.71. The average molecular weight is 460 g/mol. The Morgan fingerprint density at radius 3 is 2.52 bits per heavy atom. The van der Waals surface area contributed by atoms with Crippen molar-refractivity contribution in [3.05, 3.63) is 83.0 Å². The zero-order chi connectivity index (χ0) is 22.6. The summed E-state index contributed by atoms with van der Waals surface area (Å²) in [6.07, 6.45) is 0.695. The van der Waals surface area contributed by atoms with Gasteiger partial charge in [-0.15, -0.1) is 0 Å². The molecule has 6 nitrogen and oxygen atoms in total. The van der Waals surface area contributed by atoms with Gasteiger partial charge >= 0.3 is 0 Å². The zero-order valence-electron chi connectivity index (χ0n) is 17.9. The SMILES string of the molecule is COc1ccccc1-c1oc2ccccc2c(=O)c1OCCCSc1nc2ccccc2o1. The van der Waals surface area contributed by atoms with Crippen molar-refractivity contribution in [1.29, 1.82) is 0 Å². The molecule has 0 aliphatic carbocycles. The highest BCUT2D eigenvalue weighted by Gasteiger charge is 2.20. The van der Waals surface area contributed by atoms with E-state index in [9.17, 15) is 4.79 Å². The van der Waals surface area contributed by atoms with Crippen LogP contribution >= 0.6 is 11.8 Å². The molecule has 7 heteroatoms. The number of rotatable bonds is 8. The number of para-hydroxylation sites is 4. The van der Waals surface area contributed by atoms with Crippen molar-refractivity contribution in [1.82, 2.24) is 4.98 Å². The van der Waals surface area contributed by atoms with E-state index in [4.69, 9.17) is 18.3 Å². The van der Waals surface area contributed by atoms with Crippen molar-refractivity contribution < 1.29 is 18.3 Å². The van der Waals surface area contributed by atoms with Gasteiger partial charge in [-0.05, 0) is 42.8 Å². The number of fused-ring (bicyclic) bond motifs is 2. The molecule has 2 heterocycles. The van der Waals surface area contributed by atoms with Crippen molar-refractivity contribution >= 4 is 33.8 Å². The van der Waals surface area contributed by atoms with E-state index in [2.05, 4.69) is 4.98 Å². The second-order valence-corrected chi connectivity index (χ2v) is 8.33. The monoisotopic (exact) mass is 459 g/mol. The van der Waals surface area contributed by atoms with Crippen LogP contribution in [0.4, 0.5) is 0 Å². The minimum Gasteiger partial charge on any atom is -0.496 e. The van der Waals surface area contributed by atoms with E-state index >= 15 is 0 Å². The van der Waals surface area contributed by atoms with Crippen LogP contribution in [0, 0.1) is 0 Å². The zero-order valence-corrected chi connectivity index (χ0v) is 18.8. The molecule has 0 N–H and O–H groups in total. The summed E-state index contributed by atoms with van der Waals surface area (Å²) in [4.78, 5) is 17.7. The van der Waals surface area contributed by atoms with Crippen LogP contribution in [-0.4, -0.2) is 24.5 Å². The standard InChI is InChI=1S/C26H21NO5S/c1-29-20-12-5-3-10-18(20)24-25(23(28)17-9-2-6-13-21(17)31-24)30-15-8-16-33-26-27-19-11-4-7-14-22(19)32-26/h2-7,9-14H,8,15-16H2,1H3. The number of nitrogens with zero attached hydrogens (tertiary/aromatic N) is 1. The van der Waals surface area contributed by atoms with Gasteiger partial charge in [-0.25, -0.2) is 4.98 Å². The molecule has 0 atom stereocenters. The van der Waals surface area contributed by atoms with Crippen LogP contribution in [0.25, 0.3) is 33.4 Å². The number of hydrogen-bond acceptors (Lipinski definition) is 7. The number of hydrogen-bond donors (Lipinski definition) is 0. The first-order chi connectivity index (χ1) is 16.2. The van der Waals surface area contributed by atoms with Crippen LogP contribution in [0.2, 0.25) is 0 Å². The second kappa shape index (κ2) is 9.42. The van der Waals surface area contributed by atoms with Crippen molar-refractivity contribution in [3.63, 3.8) is 0 Å². The van der Waals surface area contributed by atoms with E-state index in [1.165, 1.54) is 11.8 Å². The molecule has 0 bridgehead atoms. The molecule has 33 heavy (non-hydrogen) atoms. The van der Waals surface area contributed by atoms with Crippen LogP contribution in [-0.2, 0) is 0 Å². The molecule has 0 amide bonds. The normalized spacial score (nSPS) is 11.2. The summed E-state index contributed by atoms with van der Waals surface area (Å²) in [7, 11) is 1.59. The van der Waals surface area contributed by atoms with E-state index < -0.39 is 0 Å². The van der Waals surface area contributed by atoms with E-state index in [0.29, 0.717) is 46.3 Å². The third-order valence-electron chi connectivity index (χ3n) is 5.14. The van der Waals surface area contributed by atoms with Crippen molar-refractivity contribution in [3.8, 4) is 22.8 Å². The lowest BCUT2D eigenvalue weighted by atomic mass is 10.1. The number of ether oxygens (including phenoxy) is 2. The van der Waals surface area contributed by atoms with Crippen LogP contribution in [0.15, 0.2) is 91.6 Å². The minimum absolute atomic E-state index is 0.185. The first kappa shape index (κ1) is 21.2. The van der Waals surface area contributed by atoms with Crippen molar-refractivity contribution in [2.24, 2.45) is 0 Å². The number of aromatic nitrogens is 1. The third kappa shape index (κ3) is 4.32. The maximum absolute atomic E-state index is 13.3. The predicted octanol–water partition coefficient (Wildman–Crippen LogP) is 6.17. The fourth-order valence-electron chi connectivity index (χ4n) is 3.57. The van der Waals surface area contributed by atoms with Gasteiger partial charge in [-0.1, -0.05) is 48.2 Å². The number of benzene rings is 3. The molecule has 5 aromatic rings. The number of methoxy groups -OCH3 is 1. The van der Waals surface area contributed by atoms with Gasteiger partial charge in [-0.3, -0.25) is 4.79 Å². The molecule has 3 aromatic carbocycles. The number of oxazole rings is 1. The Balaban J connectivity index is 1.36. The maximum Gasteiger partial charge on any atom is 0.256 e. The van der Waals surface area contributed by atoms with Crippen LogP contribution in [0.3, 0.4) is 0 Å². The highest BCUT2D eigenvalue weighted by atomic mass is 32.2. The summed E-state index contributed by atoms with van der Waals surface area (Å²) in [5.41, 5.74) is 2.57. The van der Waals surface area contributed by atoms with Crippen LogP contribution < -0.4 is 14.9 Å². The predicted molar refractivity (Wildman–Crippen MR) is 129 cm³/mol. The first-order valence-corrected chi connectivity index (χ1v) is 11.5. The van der Waals surface area contributed by atoms with Gasteiger partial charge in [0.2, 0.25) is 11.2 Å². The lowest BCUT2D eigenvalue weighted by Gasteiger charge is -2.13. The van der Waals surface area contributed by atoms with Gasteiger partial charge in [0.15, 0.2) is 11.3 Å². The molecule has 0 aliphatic heterocycles. The molecule has 5 rings (SSSR count). The number of thioether (sulfide) groups is 1. The molecule has 0 aliphatic rings. The average Bonchev–Trinajstić information content (AvgIpc) is 3.28. The Kier molecular flexibility index (Phi) is 6.04. The fraction of sp³-hybridized carbons (Fsp3) is 0.154. The summed E-state index contributed by atoms with van der Waals surface area (Å²) in [5, 5.41) is 1.10. The molecular weight excluding hydrogens is 438 g/mol. The van der Waals surface area contributed by atoms with Gasteiger partial charge in [0, 0.05) is 5.75 Å². The smallest absolute Gasteiger partial charge is 0.256 e. The van der Waals surface area contributed by atoms with Crippen molar-refractivity contribution in [2.75, 3.05) is 19.5 Å². The fourth-order valence-corrected chi connectivity index (χ4v) is 4.32. The molecule has 0 saturated heterocycles. The van der Waals surface area contributed by atoms with Gasteiger partial charge in [0.25, 0.3) is 5.22 Å². The molecular formula is C26H21NO5S. The molecule has 0 spiro atoms. The Labute approximate surface area is 194 Å². The van der Waals surface area contributed by atoms with Gasteiger partial charge < -0.3 is 18.3 Å². The minimum atomic E-state index is -0.204. The van der Waals surface area contributed by atoms with Crippen LogP contribution in [0.5, 0.6) is 11.5 Å². The summed E-state index contributed by atoms with van der Waals surface area (Å²) in [6, 6.07) is 22.2. The van der Waals surface area contributed by atoms with Gasteiger partial charge in [0.1, 0.15) is 16.8 Å². The first-order valence-electron chi connectivity index (χ1n) is 10.5. The van der Waals surface area contributed by atoms with Gasteiger partial charge in [-0.2, -0.15) is 0 Å². The molecule has 166 valence electrons. The maximum atomic E-state index is 13.3. The van der Waals surface area contributed by atoms with E-state index in [1.807, 2.05) is 60.7 Å². The van der Waals surface area contributed by atoms with Crippen molar-refractivity contribution in [2.45, 2.75) is 11.6 Å². The summed E-state index contributed by atoms with van der Waals surface area (Å²) in [5.74, 6) is 1.88. The Morgan fingerprint density at radius 1 is 0.909 bits per heavy atom. The summed E-state index contributed by atoms with van der Waals surface area (Å²) < 4.78 is 23.3. The quantitative estimate of drug-likeness (QED) is 0.203. The largest absolute Gasteiger partial charge is 0.496 e. The third-order valence-corrected chi connectivity index (χ3v) is 6.06. The van der Waals surface area contributed by atoms with Gasteiger partial charge in [0.05, 0.1) is 24.7 Å². The van der Waals surface area contributed by atoms with Crippen LogP contribution in [0.1, 0.15) is 6.42 Å². The molecule has 0 saturated carbocycles. The highest BCUT2D eigenvalue weighted by molar-refractivity contribution is 7.99. The second-order valence-electron chi connectivity index (χ2n) is 7.28. The lowest BCUT2D eigenvalue weighted by Crippen LogP contribution is -2.11. The molecule has 0 radical (unpaired) electrons. The topological polar surface area (TPSA) is 74.7 Å². The lowest BCUT2D eigenvalue weighted by molar-refractivity contribution is 0.309. The highest BCUT2D eigenvalue weighted by Crippen LogP contribution is 2.36. The molecule has 2 aromatic heterocycles. The Morgan fingerprint density at radius 2 is 1.67 bits per heavy atom. The Bertz CT molecular complexity index is 1440. The summed E-state index contributed by atoms with van der Waals surface area (Å²) in [6.45, 7) is 0.346. The summed E-state index contributed by atoms with van der Waals surface area (Å²) >= 11 is 1.52. The van der Waals surface area contributed by atoms with E-state index in [-0.39, 0.29) is 11.2 Å². The molecule has 0 fully saturated rings.